The molecule has 0 spiro atoms. The third-order valence-corrected chi connectivity index (χ3v) is 13.9. The number of benzene rings is 8. The summed E-state index contributed by atoms with van der Waals surface area (Å²) in [7, 11) is 0. The molecule has 1 unspecified atom stereocenters. The predicted octanol–water partition coefficient (Wildman–Crippen LogP) is 16.0. The van der Waals surface area contributed by atoms with Gasteiger partial charge in [0.2, 0.25) is 0 Å². The zero-order valence-electron chi connectivity index (χ0n) is 38.9. The fourth-order valence-electron chi connectivity index (χ4n) is 10.2. The number of aryl methyl sites for hydroxylation is 1. The van der Waals surface area contributed by atoms with Gasteiger partial charge in [-0.2, -0.15) is 0 Å². The second-order valence-corrected chi connectivity index (χ2v) is 18.4. The van der Waals surface area contributed by atoms with Crippen molar-refractivity contribution in [2.24, 2.45) is 0 Å². The van der Waals surface area contributed by atoms with Crippen molar-refractivity contribution in [1.82, 2.24) is 29.9 Å². The zero-order chi connectivity index (χ0) is 47.3. The van der Waals surface area contributed by atoms with Crippen LogP contribution in [0.2, 0.25) is 0 Å². The molecule has 0 saturated carbocycles. The Morgan fingerprint density at radius 2 is 0.915 bits per heavy atom. The van der Waals surface area contributed by atoms with Crippen LogP contribution in [0.3, 0.4) is 0 Å². The van der Waals surface area contributed by atoms with Crippen LogP contribution in [-0.4, -0.2) is 29.9 Å². The van der Waals surface area contributed by atoms with E-state index in [1.54, 1.807) is 0 Å². The highest BCUT2D eigenvalue weighted by atomic mass is 15.0. The Hall–Kier alpha value is -9.26. The maximum atomic E-state index is 5.36. The van der Waals surface area contributed by atoms with Crippen LogP contribution < -0.4 is 0 Å². The third-order valence-electron chi connectivity index (χ3n) is 13.9. The summed E-state index contributed by atoms with van der Waals surface area (Å²) in [4.78, 5) is 30.3. The van der Waals surface area contributed by atoms with E-state index in [1.165, 1.54) is 38.2 Å². The third kappa shape index (κ3) is 7.91. The summed E-state index contributed by atoms with van der Waals surface area (Å²) in [6.45, 7) is 2.07. The fraction of sp³-hybridized carbons (Fsp3) is 0.0462. The van der Waals surface area contributed by atoms with E-state index in [2.05, 4.69) is 219 Å². The first-order valence-corrected chi connectivity index (χ1v) is 24.1. The van der Waals surface area contributed by atoms with Crippen molar-refractivity contribution in [2.45, 2.75) is 19.3 Å². The molecule has 0 saturated heterocycles. The number of pyridine rings is 3. The van der Waals surface area contributed by atoms with Crippen LogP contribution in [0.15, 0.2) is 231 Å². The van der Waals surface area contributed by atoms with Crippen molar-refractivity contribution < 1.29 is 0 Å². The van der Waals surface area contributed by atoms with Gasteiger partial charge in [-0.05, 0) is 98.3 Å². The molecule has 0 fully saturated rings. The lowest BCUT2D eigenvalue weighted by molar-refractivity contribution is 0.868. The molecule has 4 heterocycles. The van der Waals surface area contributed by atoms with Crippen molar-refractivity contribution in [1.29, 1.82) is 0 Å². The lowest BCUT2D eigenvalue weighted by Crippen LogP contribution is -2.08. The number of fused-ring (bicyclic) bond motifs is 5. The van der Waals surface area contributed by atoms with Crippen molar-refractivity contribution in [3.8, 4) is 56.5 Å². The van der Waals surface area contributed by atoms with Crippen LogP contribution in [0.4, 0.5) is 0 Å². The van der Waals surface area contributed by atoms with Gasteiger partial charge >= 0.3 is 0 Å². The Balaban J connectivity index is 0.970. The van der Waals surface area contributed by atoms with Crippen molar-refractivity contribution >= 4 is 54.2 Å². The van der Waals surface area contributed by atoms with Gasteiger partial charge in [0.1, 0.15) is 0 Å². The highest BCUT2D eigenvalue weighted by Gasteiger charge is 2.24. The number of hydrogen-bond acceptors (Lipinski definition) is 6. The molecule has 334 valence electrons. The smallest absolute Gasteiger partial charge is 0.164 e. The predicted molar refractivity (Wildman–Crippen MR) is 291 cm³/mol. The highest BCUT2D eigenvalue weighted by molar-refractivity contribution is 6.12. The van der Waals surface area contributed by atoms with E-state index in [-0.39, 0.29) is 5.92 Å². The first-order chi connectivity index (χ1) is 35.1. The molecule has 6 heteroatoms. The second kappa shape index (κ2) is 17.7. The van der Waals surface area contributed by atoms with Gasteiger partial charge in [0.15, 0.2) is 17.5 Å². The number of rotatable bonds is 8. The minimum absolute atomic E-state index is 0.0267. The fourth-order valence-corrected chi connectivity index (χ4v) is 10.2. The summed E-state index contributed by atoms with van der Waals surface area (Å²) < 4.78 is 0. The molecular weight excluding hydrogens is 865 g/mol. The SMILES string of the molecule is Cc1ccc(-c2ccc(C3C=C(c4nc(-c5ccc(-c6nccc7ccccc67)cc5)nc(-c5ccc(-c6nccc7ccccc67)cc5)n4)C=C(c4cc5ccccc5c5ccccc45)C3)cc2)nc1. The van der Waals surface area contributed by atoms with Crippen molar-refractivity contribution in [3.63, 3.8) is 0 Å². The van der Waals surface area contributed by atoms with Gasteiger partial charge in [-0.15, -0.1) is 0 Å². The molecule has 8 aromatic carbocycles. The Bertz CT molecular complexity index is 3910. The molecule has 12 aromatic rings. The lowest BCUT2D eigenvalue weighted by atomic mass is 9.80. The molecule has 13 rings (SSSR count). The molecule has 0 radical (unpaired) electrons. The average Bonchev–Trinajstić information content (AvgIpc) is 3.45. The standard InChI is InChI=1S/C65H44N6/c1-41-18-31-60(68-40-41)45-21-19-42(20-22-45)51-36-52(59-39-50-12-4-5-13-54(50)57-16-8-9-17-58(57)59)38-53(37-51)65-70-63(48-27-23-46(24-28-48)61-55-14-6-2-10-43(55)32-34-66-61)69-64(71-65)49-29-25-47(26-30-49)62-56-15-7-3-11-44(56)33-35-67-62/h2-35,37-40,51H,36H2,1H3. The highest BCUT2D eigenvalue weighted by Crippen LogP contribution is 2.43. The van der Waals surface area contributed by atoms with Crippen molar-refractivity contribution in [3.05, 3.63) is 253 Å². The van der Waals surface area contributed by atoms with Crippen LogP contribution in [-0.2, 0) is 0 Å². The molecule has 0 aliphatic heterocycles. The van der Waals surface area contributed by atoms with Gasteiger partial charge in [-0.1, -0.05) is 182 Å². The van der Waals surface area contributed by atoms with Crippen LogP contribution >= 0.6 is 0 Å². The molecule has 0 bridgehead atoms. The molecule has 1 atom stereocenters. The van der Waals surface area contributed by atoms with Crippen LogP contribution in [0.5, 0.6) is 0 Å². The lowest BCUT2D eigenvalue weighted by Gasteiger charge is -2.24. The van der Waals surface area contributed by atoms with E-state index in [1.807, 2.05) is 18.6 Å². The van der Waals surface area contributed by atoms with Gasteiger partial charge in [0, 0.05) is 68.7 Å². The van der Waals surface area contributed by atoms with E-state index in [9.17, 15) is 0 Å². The van der Waals surface area contributed by atoms with Crippen LogP contribution in [0, 0.1) is 6.92 Å². The summed E-state index contributed by atoms with van der Waals surface area (Å²) in [5.74, 6) is 1.81. The molecule has 4 aromatic heterocycles. The number of aromatic nitrogens is 6. The van der Waals surface area contributed by atoms with Crippen LogP contribution in [0.1, 0.15) is 34.9 Å². The summed E-state index contributed by atoms with van der Waals surface area (Å²) in [5, 5.41) is 9.42. The first-order valence-electron chi connectivity index (χ1n) is 24.1. The monoisotopic (exact) mass is 908 g/mol. The molecule has 71 heavy (non-hydrogen) atoms. The Labute approximate surface area is 411 Å². The number of allylic oxidation sites excluding steroid dienone is 4. The number of nitrogens with zero attached hydrogens (tertiary/aromatic N) is 6. The Morgan fingerprint density at radius 1 is 0.408 bits per heavy atom. The molecule has 1 aliphatic carbocycles. The summed E-state index contributed by atoms with van der Waals surface area (Å²) in [5.41, 5.74) is 13.4. The van der Waals surface area contributed by atoms with E-state index >= 15 is 0 Å². The molecule has 0 N–H and O–H groups in total. The summed E-state index contributed by atoms with van der Waals surface area (Å²) in [6, 6.07) is 70.6. The second-order valence-electron chi connectivity index (χ2n) is 18.4. The zero-order valence-corrected chi connectivity index (χ0v) is 38.9. The minimum Gasteiger partial charge on any atom is -0.256 e. The van der Waals surface area contributed by atoms with E-state index < -0.39 is 0 Å². The summed E-state index contributed by atoms with van der Waals surface area (Å²) >= 11 is 0. The Kier molecular flexibility index (Phi) is 10.4. The maximum Gasteiger partial charge on any atom is 0.164 e. The van der Waals surface area contributed by atoms with Gasteiger partial charge in [0.25, 0.3) is 0 Å². The molecule has 6 nitrogen and oxygen atoms in total. The first kappa shape index (κ1) is 41.9. The van der Waals surface area contributed by atoms with Gasteiger partial charge < -0.3 is 0 Å². The maximum absolute atomic E-state index is 5.36. The average molecular weight is 909 g/mol. The Morgan fingerprint density at radius 3 is 1.51 bits per heavy atom. The van der Waals surface area contributed by atoms with Gasteiger partial charge in [-0.25, -0.2) is 15.0 Å². The van der Waals surface area contributed by atoms with Crippen LogP contribution in [0.25, 0.3) is 111 Å². The quantitative estimate of drug-likeness (QED) is 0.141. The molecule has 0 amide bonds. The topological polar surface area (TPSA) is 77.3 Å². The number of hydrogen-bond donors (Lipinski definition) is 0. The van der Waals surface area contributed by atoms with Crippen molar-refractivity contribution in [2.75, 3.05) is 0 Å². The molecule has 1 aliphatic rings. The normalized spacial score (nSPS) is 13.7. The van der Waals surface area contributed by atoms with E-state index in [0.717, 1.165) is 84.0 Å². The largest absolute Gasteiger partial charge is 0.256 e. The minimum atomic E-state index is 0.0267. The van der Waals surface area contributed by atoms with Gasteiger partial charge in [0.05, 0.1) is 17.1 Å². The van der Waals surface area contributed by atoms with E-state index in [4.69, 9.17) is 29.9 Å². The van der Waals surface area contributed by atoms with E-state index in [0.29, 0.717) is 17.5 Å². The summed E-state index contributed by atoms with van der Waals surface area (Å²) in [6.07, 6.45) is 11.1. The molecular formula is C65H44N6. The van der Waals surface area contributed by atoms with Gasteiger partial charge in [-0.3, -0.25) is 15.0 Å².